The van der Waals surface area contributed by atoms with Crippen molar-refractivity contribution in [1.29, 1.82) is 0 Å². The van der Waals surface area contributed by atoms with Crippen LogP contribution in [0.1, 0.15) is 39.5 Å². The van der Waals surface area contributed by atoms with Gasteiger partial charge in [-0.3, -0.25) is 0 Å². The van der Waals surface area contributed by atoms with E-state index in [0.717, 1.165) is 18.9 Å². The molecule has 1 aliphatic rings. The minimum atomic E-state index is 0.444. The first-order valence-electron chi connectivity index (χ1n) is 5.02. The predicted molar refractivity (Wildman–Crippen MR) is 53.9 cm³/mol. The van der Waals surface area contributed by atoms with E-state index < -0.39 is 0 Å². The molecule has 0 aromatic rings. The number of allylic oxidation sites excluding steroid dienone is 2. The Morgan fingerprint density at radius 2 is 2.17 bits per heavy atom. The Balaban J connectivity index is 2.49. The van der Waals surface area contributed by atoms with Gasteiger partial charge < -0.3 is 5.73 Å². The third-order valence-electron chi connectivity index (χ3n) is 3.16. The van der Waals surface area contributed by atoms with Crippen LogP contribution in [0, 0.1) is 11.3 Å². The second-order valence-electron chi connectivity index (χ2n) is 4.51. The average Bonchev–Trinajstić information content (AvgIpc) is 2.06. The van der Waals surface area contributed by atoms with Gasteiger partial charge in [0.1, 0.15) is 0 Å². The fourth-order valence-corrected chi connectivity index (χ4v) is 2.08. The largest absolute Gasteiger partial charge is 0.330 e. The van der Waals surface area contributed by atoms with E-state index in [1.807, 2.05) is 0 Å². The summed E-state index contributed by atoms with van der Waals surface area (Å²) in [4.78, 5) is 0. The monoisotopic (exact) mass is 167 g/mol. The lowest BCUT2D eigenvalue weighted by atomic mass is 9.71. The molecule has 1 nitrogen and oxygen atoms in total. The average molecular weight is 167 g/mol. The molecule has 70 valence electrons. The van der Waals surface area contributed by atoms with Crippen LogP contribution in [0.25, 0.3) is 0 Å². The van der Waals surface area contributed by atoms with Crippen LogP contribution >= 0.6 is 0 Å². The zero-order chi connectivity index (χ0) is 9.03. The lowest BCUT2D eigenvalue weighted by Gasteiger charge is -2.35. The standard InChI is InChI=1S/C11H21N/c1-11(2,8-9-12)10-6-4-3-5-7-10/h3-4,10H,5-9,12H2,1-2H3. The van der Waals surface area contributed by atoms with Crippen molar-refractivity contribution in [3.05, 3.63) is 12.2 Å². The Hall–Kier alpha value is -0.300. The van der Waals surface area contributed by atoms with Gasteiger partial charge in [0.15, 0.2) is 0 Å². The van der Waals surface area contributed by atoms with Crippen molar-refractivity contribution < 1.29 is 0 Å². The van der Waals surface area contributed by atoms with Crippen LogP contribution < -0.4 is 5.73 Å². The highest BCUT2D eigenvalue weighted by Crippen LogP contribution is 2.37. The summed E-state index contributed by atoms with van der Waals surface area (Å²) in [5, 5.41) is 0. The molecule has 2 N–H and O–H groups in total. The molecule has 0 saturated heterocycles. The topological polar surface area (TPSA) is 26.0 Å². The van der Waals surface area contributed by atoms with Gasteiger partial charge in [-0.1, -0.05) is 26.0 Å². The molecule has 0 saturated carbocycles. The van der Waals surface area contributed by atoms with E-state index in [4.69, 9.17) is 5.73 Å². The zero-order valence-electron chi connectivity index (χ0n) is 8.34. The Bertz CT molecular complexity index is 158. The molecule has 0 bridgehead atoms. The Morgan fingerprint density at radius 3 is 2.67 bits per heavy atom. The van der Waals surface area contributed by atoms with Crippen LogP contribution in [0.15, 0.2) is 12.2 Å². The number of rotatable bonds is 3. The van der Waals surface area contributed by atoms with Crippen molar-refractivity contribution in [1.82, 2.24) is 0 Å². The number of hydrogen-bond donors (Lipinski definition) is 1. The summed E-state index contributed by atoms with van der Waals surface area (Å²) < 4.78 is 0. The molecule has 0 aliphatic heterocycles. The minimum Gasteiger partial charge on any atom is -0.330 e. The second kappa shape index (κ2) is 4.08. The highest BCUT2D eigenvalue weighted by atomic mass is 14.5. The van der Waals surface area contributed by atoms with E-state index in [1.165, 1.54) is 19.3 Å². The molecule has 0 heterocycles. The van der Waals surface area contributed by atoms with Gasteiger partial charge in [0.25, 0.3) is 0 Å². The van der Waals surface area contributed by atoms with E-state index in [9.17, 15) is 0 Å². The maximum atomic E-state index is 5.60. The first-order valence-corrected chi connectivity index (χ1v) is 5.02. The van der Waals surface area contributed by atoms with Crippen molar-refractivity contribution >= 4 is 0 Å². The Morgan fingerprint density at radius 1 is 1.42 bits per heavy atom. The van der Waals surface area contributed by atoms with Crippen LogP contribution in [-0.2, 0) is 0 Å². The van der Waals surface area contributed by atoms with Gasteiger partial charge in [-0.2, -0.15) is 0 Å². The van der Waals surface area contributed by atoms with Crippen molar-refractivity contribution in [2.45, 2.75) is 39.5 Å². The predicted octanol–water partition coefficient (Wildman–Crippen LogP) is 2.72. The van der Waals surface area contributed by atoms with Gasteiger partial charge >= 0.3 is 0 Å². The molecule has 0 aromatic carbocycles. The first kappa shape index (κ1) is 9.79. The molecule has 1 atom stereocenters. The van der Waals surface area contributed by atoms with E-state index in [-0.39, 0.29) is 0 Å². The van der Waals surface area contributed by atoms with Gasteiger partial charge in [0, 0.05) is 0 Å². The highest BCUT2D eigenvalue weighted by Gasteiger charge is 2.27. The lowest BCUT2D eigenvalue weighted by molar-refractivity contribution is 0.184. The second-order valence-corrected chi connectivity index (χ2v) is 4.51. The van der Waals surface area contributed by atoms with Crippen LogP contribution in [0.3, 0.4) is 0 Å². The number of nitrogens with two attached hydrogens (primary N) is 1. The minimum absolute atomic E-state index is 0.444. The fraction of sp³-hybridized carbons (Fsp3) is 0.818. The summed E-state index contributed by atoms with van der Waals surface area (Å²) in [5.41, 5.74) is 6.05. The van der Waals surface area contributed by atoms with Crippen molar-refractivity contribution in [3.8, 4) is 0 Å². The van der Waals surface area contributed by atoms with Gasteiger partial charge in [-0.15, -0.1) is 0 Å². The maximum Gasteiger partial charge on any atom is -0.00721 e. The lowest BCUT2D eigenvalue weighted by Crippen LogP contribution is -2.27. The smallest absolute Gasteiger partial charge is 0.00721 e. The first-order chi connectivity index (χ1) is 5.67. The van der Waals surface area contributed by atoms with Crippen LogP contribution in [0.2, 0.25) is 0 Å². The normalized spacial score (nSPS) is 24.4. The quantitative estimate of drug-likeness (QED) is 0.643. The van der Waals surface area contributed by atoms with E-state index in [1.54, 1.807) is 0 Å². The summed E-state index contributed by atoms with van der Waals surface area (Å²) in [7, 11) is 0. The Kier molecular flexibility index (Phi) is 3.33. The summed E-state index contributed by atoms with van der Waals surface area (Å²) in [6.07, 6.45) is 9.65. The van der Waals surface area contributed by atoms with E-state index in [2.05, 4.69) is 26.0 Å². The van der Waals surface area contributed by atoms with Gasteiger partial charge in [-0.05, 0) is 43.6 Å². The number of hydrogen-bond acceptors (Lipinski definition) is 1. The van der Waals surface area contributed by atoms with Crippen LogP contribution in [0.4, 0.5) is 0 Å². The third-order valence-corrected chi connectivity index (χ3v) is 3.16. The van der Waals surface area contributed by atoms with Gasteiger partial charge in [0.05, 0.1) is 0 Å². The molecule has 1 unspecified atom stereocenters. The molecule has 0 amide bonds. The molecule has 12 heavy (non-hydrogen) atoms. The molecule has 1 aliphatic carbocycles. The fourth-order valence-electron chi connectivity index (χ4n) is 2.08. The summed E-state index contributed by atoms with van der Waals surface area (Å²) in [5.74, 6) is 0.853. The molecule has 0 fully saturated rings. The summed E-state index contributed by atoms with van der Waals surface area (Å²) >= 11 is 0. The van der Waals surface area contributed by atoms with E-state index in [0.29, 0.717) is 5.41 Å². The molecule has 1 heteroatoms. The van der Waals surface area contributed by atoms with Crippen molar-refractivity contribution in [2.75, 3.05) is 6.54 Å². The molecule has 0 radical (unpaired) electrons. The van der Waals surface area contributed by atoms with Crippen LogP contribution in [-0.4, -0.2) is 6.54 Å². The molecule has 0 aromatic heterocycles. The summed E-state index contributed by atoms with van der Waals surface area (Å²) in [6, 6.07) is 0. The summed E-state index contributed by atoms with van der Waals surface area (Å²) in [6.45, 7) is 5.53. The molecular weight excluding hydrogens is 146 g/mol. The Labute approximate surface area is 76.0 Å². The zero-order valence-corrected chi connectivity index (χ0v) is 8.34. The highest BCUT2D eigenvalue weighted by molar-refractivity contribution is 4.94. The molecule has 0 spiro atoms. The van der Waals surface area contributed by atoms with Crippen molar-refractivity contribution in [2.24, 2.45) is 17.1 Å². The van der Waals surface area contributed by atoms with Gasteiger partial charge in [-0.25, -0.2) is 0 Å². The third kappa shape index (κ3) is 2.34. The van der Waals surface area contributed by atoms with Crippen molar-refractivity contribution in [3.63, 3.8) is 0 Å². The van der Waals surface area contributed by atoms with Crippen LogP contribution in [0.5, 0.6) is 0 Å². The SMILES string of the molecule is CC(C)(CCN)C1CC=CCC1. The molecule has 1 rings (SSSR count). The van der Waals surface area contributed by atoms with E-state index >= 15 is 0 Å². The molecular formula is C11H21N. The van der Waals surface area contributed by atoms with Gasteiger partial charge in [0.2, 0.25) is 0 Å². The maximum absolute atomic E-state index is 5.60.